The van der Waals surface area contributed by atoms with Gasteiger partial charge in [0.05, 0.1) is 5.69 Å². The third kappa shape index (κ3) is 2.07. The molecule has 1 saturated heterocycles. The largest absolute Gasteiger partial charge is 0.316 e. The van der Waals surface area contributed by atoms with E-state index in [0.717, 1.165) is 13.1 Å². The maximum atomic E-state index is 4.50. The van der Waals surface area contributed by atoms with Crippen molar-refractivity contribution in [1.29, 1.82) is 0 Å². The van der Waals surface area contributed by atoms with Crippen molar-refractivity contribution in [3.63, 3.8) is 0 Å². The Morgan fingerprint density at radius 3 is 2.80 bits per heavy atom. The summed E-state index contributed by atoms with van der Waals surface area (Å²) >= 11 is 0. The molecule has 0 spiro atoms. The molecule has 3 nitrogen and oxygen atoms in total. The number of nitrogens with one attached hydrogen (secondary N) is 2. The van der Waals surface area contributed by atoms with E-state index < -0.39 is 0 Å². The van der Waals surface area contributed by atoms with Crippen LogP contribution in [0.5, 0.6) is 0 Å². The van der Waals surface area contributed by atoms with Gasteiger partial charge in [0.2, 0.25) is 0 Å². The first-order valence-corrected chi connectivity index (χ1v) is 5.95. The summed E-state index contributed by atoms with van der Waals surface area (Å²) in [4.78, 5) is 0. The van der Waals surface area contributed by atoms with Crippen LogP contribution in [-0.2, 0) is 0 Å². The number of aromatic amines is 1. The van der Waals surface area contributed by atoms with E-state index in [2.05, 4.69) is 36.3 Å². The molecule has 1 aromatic rings. The minimum absolute atomic E-state index is 0.570. The molecule has 0 aromatic carbocycles. The van der Waals surface area contributed by atoms with Gasteiger partial charge >= 0.3 is 0 Å². The van der Waals surface area contributed by atoms with Gasteiger partial charge in [0, 0.05) is 18.2 Å². The third-order valence-corrected chi connectivity index (χ3v) is 3.28. The Balaban J connectivity index is 2.26. The van der Waals surface area contributed by atoms with Crippen LogP contribution in [0.3, 0.4) is 0 Å². The standard InChI is InChI=1S/C12H21N3/c1-8(2)11-9(3)14-15-12(11)10-5-4-6-13-7-10/h8,10,13H,4-7H2,1-3H3,(H,14,15). The third-order valence-electron chi connectivity index (χ3n) is 3.28. The van der Waals surface area contributed by atoms with E-state index in [1.165, 1.54) is 29.8 Å². The van der Waals surface area contributed by atoms with Crippen molar-refractivity contribution >= 4 is 0 Å². The topological polar surface area (TPSA) is 40.7 Å². The average Bonchev–Trinajstić information content (AvgIpc) is 2.61. The van der Waals surface area contributed by atoms with Crippen molar-refractivity contribution < 1.29 is 0 Å². The van der Waals surface area contributed by atoms with Crippen molar-refractivity contribution in [3.05, 3.63) is 17.0 Å². The van der Waals surface area contributed by atoms with E-state index in [0.29, 0.717) is 11.8 Å². The number of H-pyrrole nitrogens is 1. The minimum Gasteiger partial charge on any atom is -0.316 e. The summed E-state index contributed by atoms with van der Waals surface area (Å²) < 4.78 is 0. The summed E-state index contributed by atoms with van der Waals surface area (Å²) in [6.07, 6.45) is 2.55. The smallest absolute Gasteiger partial charge is 0.0702 e. The van der Waals surface area contributed by atoms with E-state index in [9.17, 15) is 0 Å². The molecule has 15 heavy (non-hydrogen) atoms. The minimum atomic E-state index is 0.570. The van der Waals surface area contributed by atoms with Gasteiger partial charge in [-0.1, -0.05) is 13.8 Å². The fourth-order valence-electron chi connectivity index (χ4n) is 2.58. The Morgan fingerprint density at radius 2 is 2.20 bits per heavy atom. The van der Waals surface area contributed by atoms with Crippen LogP contribution in [0.4, 0.5) is 0 Å². The van der Waals surface area contributed by atoms with Crippen LogP contribution in [0.2, 0.25) is 0 Å². The Hall–Kier alpha value is -0.830. The molecule has 1 unspecified atom stereocenters. The molecular weight excluding hydrogens is 186 g/mol. The molecule has 0 bridgehead atoms. The maximum absolute atomic E-state index is 4.50. The van der Waals surface area contributed by atoms with Crippen molar-refractivity contribution in [2.45, 2.75) is 45.4 Å². The van der Waals surface area contributed by atoms with Gasteiger partial charge in [-0.15, -0.1) is 0 Å². The van der Waals surface area contributed by atoms with Crippen molar-refractivity contribution in [2.75, 3.05) is 13.1 Å². The first kappa shape index (κ1) is 10.7. The molecule has 2 rings (SSSR count). The molecule has 2 heterocycles. The van der Waals surface area contributed by atoms with Crippen LogP contribution < -0.4 is 5.32 Å². The van der Waals surface area contributed by atoms with Crippen LogP contribution in [0.1, 0.15) is 55.5 Å². The summed E-state index contributed by atoms with van der Waals surface area (Å²) in [6, 6.07) is 0. The lowest BCUT2D eigenvalue weighted by Gasteiger charge is -2.23. The lowest BCUT2D eigenvalue weighted by molar-refractivity contribution is 0.451. The summed E-state index contributed by atoms with van der Waals surface area (Å²) in [5, 5.41) is 11.1. The molecule has 0 amide bonds. The first-order chi connectivity index (χ1) is 7.20. The quantitative estimate of drug-likeness (QED) is 0.781. The lowest BCUT2D eigenvalue weighted by atomic mass is 9.89. The number of hydrogen-bond acceptors (Lipinski definition) is 2. The van der Waals surface area contributed by atoms with Gasteiger partial charge in [0.1, 0.15) is 0 Å². The Morgan fingerprint density at radius 1 is 1.40 bits per heavy atom. The molecule has 3 heteroatoms. The Labute approximate surface area is 91.7 Å². The second kappa shape index (κ2) is 4.35. The molecule has 1 fully saturated rings. The zero-order valence-corrected chi connectivity index (χ0v) is 9.93. The molecule has 0 saturated carbocycles. The van der Waals surface area contributed by atoms with E-state index in [4.69, 9.17) is 0 Å². The monoisotopic (exact) mass is 207 g/mol. The molecule has 84 valence electrons. The Bertz CT molecular complexity index is 322. The highest BCUT2D eigenvalue weighted by Crippen LogP contribution is 2.30. The number of piperidine rings is 1. The highest BCUT2D eigenvalue weighted by atomic mass is 15.1. The van der Waals surface area contributed by atoms with Gasteiger partial charge in [-0.3, -0.25) is 5.10 Å². The zero-order chi connectivity index (χ0) is 10.8. The van der Waals surface area contributed by atoms with E-state index in [1.54, 1.807) is 0 Å². The summed E-state index contributed by atoms with van der Waals surface area (Å²) in [6.45, 7) is 8.87. The van der Waals surface area contributed by atoms with E-state index in [-0.39, 0.29) is 0 Å². The SMILES string of the molecule is Cc1[nH]nc(C2CCCNC2)c1C(C)C. The number of nitrogens with zero attached hydrogens (tertiary/aromatic N) is 1. The lowest BCUT2D eigenvalue weighted by Crippen LogP contribution is -2.29. The molecule has 2 N–H and O–H groups in total. The van der Waals surface area contributed by atoms with Gasteiger partial charge in [-0.05, 0) is 37.8 Å². The number of rotatable bonds is 2. The molecule has 1 aromatic heterocycles. The van der Waals surface area contributed by atoms with Gasteiger partial charge in [0.15, 0.2) is 0 Å². The van der Waals surface area contributed by atoms with Gasteiger partial charge in [0.25, 0.3) is 0 Å². The van der Waals surface area contributed by atoms with Crippen molar-refractivity contribution in [1.82, 2.24) is 15.5 Å². The second-order valence-electron chi connectivity index (χ2n) is 4.85. The molecule has 1 aliphatic heterocycles. The van der Waals surface area contributed by atoms with E-state index >= 15 is 0 Å². The number of hydrogen-bond donors (Lipinski definition) is 2. The predicted octanol–water partition coefficient (Wildman–Crippen LogP) is 2.31. The predicted molar refractivity (Wildman–Crippen MR) is 62.3 cm³/mol. The second-order valence-corrected chi connectivity index (χ2v) is 4.85. The average molecular weight is 207 g/mol. The van der Waals surface area contributed by atoms with Gasteiger partial charge in [-0.25, -0.2) is 0 Å². The Kier molecular flexibility index (Phi) is 3.10. The van der Waals surface area contributed by atoms with E-state index in [1.807, 2.05) is 0 Å². The summed E-state index contributed by atoms with van der Waals surface area (Å²) in [5.41, 5.74) is 3.98. The first-order valence-electron chi connectivity index (χ1n) is 5.95. The summed E-state index contributed by atoms with van der Waals surface area (Å²) in [7, 11) is 0. The zero-order valence-electron chi connectivity index (χ0n) is 9.93. The van der Waals surface area contributed by atoms with Crippen LogP contribution in [0.25, 0.3) is 0 Å². The van der Waals surface area contributed by atoms with Crippen molar-refractivity contribution in [2.24, 2.45) is 0 Å². The maximum Gasteiger partial charge on any atom is 0.0702 e. The van der Waals surface area contributed by atoms with Crippen molar-refractivity contribution in [3.8, 4) is 0 Å². The number of aromatic nitrogens is 2. The summed E-state index contributed by atoms with van der Waals surface area (Å²) in [5.74, 6) is 1.18. The fraction of sp³-hybridized carbons (Fsp3) is 0.750. The highest BCUT2D eigenvalue weighted by Gasteiger charge is 2.23. The van der Waals surface area contributed by atoms with Crippen LogP contribution >= 0.6 is 0 Å². The normalized spacial score (nSPS) is 22.3. The fourth-order valence-corrected chi connectivity index (χ4v) is 2.58. The highest BCUT2D eigenvalue weighted by molar-refractivity contribution is 5.30. The van der Waals surface area contributed by atoms with Crippen LogP contribution in [-0.4, -0.2) is 23.3 Å². The van der Waals surface area contributed by atoms with Gasteiger partial charge in [-0.2, -0.15) is 5.10 Å². The van der Waals surface area contributed by atoms with Crippen LogP contribution in [0.15, 0.2) is 0 Å². The molecular formula is C12H21N3. The van der Waals surface area contributed by atoms with Crippen LogP contribution in [0, 0.1) is 6.92 Å². The molecule has 0 radical (unpaired) electrons. The molecule has 1 atom stereocenters. The molecule has 0 aliphatic carbocycles. The number of aryl methyl sites for hydroxylation is 1. The molecule has 1 aliphatic rings. The van der Waals surface area contributed by atoms with Gasteiger partial charge < -0.3 is 5.32 Å².